The van der Waals surface area contributed by atoms with Gasteiger partial charge in [-0.3, -0.25) is 4.79 Å². The average molecular weight is 428 g/mol. The van der Waals surface area contributed by atoms with E-state index in [-0.39, 0.29) is 11.5 Å². The Labute approximate surface area is 174 Å². The van der Waals surface area contributed by atoms with Gasteiger partial charge in [-0.25, -0.2) is 0 Å². The quantitative estimate of drug-likeness (QED) is 0.342. The van der Waals surface area contributed by atoms with Crippen LogP contribution in [0, 0.1) is 5.92 Å². The van der Waals surface area contributed by atoms with Crippen molar-refractivity contribution >= 4 is 23.2 Å². The first-order valence-electron chi connectivity index (χ1n) is 9.51. The van der Waals surface area contributed by atoms with Gasteiger partial charge >= 0.3 is 6.18 Å². The van der Waals surface area contributed by atoms with Crippen LogP contribution in [-0.2, 0) is 6.18 Å². The molecule has 0 atom stereocenters. The average Bonchev–Trinajstić information content (AvgIpc) is 2.69. The molecule has 158 valence electrons. The normalized spacial score (nSPS) is 11.6. The number of anilines is 1. The summed E-state index contributed by atoms with van der Waals surface area (Å²) >= 11 is 5.76. The number of ether oxygens (including phenoxy) is 1. The van der Waals surface area contributed by atoms with Crippen molar-refractivity contribution in [3.8, 4) is 5.75 Å². The lowest BCUT2D eigenvalue weighted by Gasteiger charge is -2.26. The first-order chi connectivity index (χ1) is 13.7. The Hall–Kier alpha value is -2.21. The number of nitrogens with zero attached hydrogens (tertiary/aromatic N) is 1. The number of alkyl halides is 4. The molecule has 2 rings (SSSR count). The Morgan fingerprint density at radius 2 is 1.83 bits per heavy atom. The first-order valence-corrected chi connectivity index (χ1v) is 10.0. The third-order valence-corrected chi connectivity index (χ3v) is 4.44. The standard InChI is InChI=1S/C22H25ClF3NO2/c1-16(2)15-29-20-11-4-3-10-19(20)27(13-6-5-12-23)21(28)17-8-7-9-18(14-17)22(24,25)26/h3-4,7-11,14,16H,5-6,12-13,15H2,1-2H3. The highest BCUT2D eigenvalue weighted by molar-refractivity contribution is 6.17. The summed E-state index contributed by atoms with van der Waals surface area (Å²) < 4.78 is 45.1. The molecule has 0 aliphatic rings. The van der Waals surface area contributed by atoms with Crippen LogP contribution in [0.4, 0.5) is 18.9 Å². The second-order valence-corrected chi connectivity index (χ2v) is 7.48. The van der Waals surface area contributed by atoms with Crippen molar-refractivity contribution in [1.82, 2.24) is 0 Å². The van der Waals surface area contributed by atoms with Crippen molar-refractivity contribution in [2.75, 3.05) is 23.9 Å². The molecule has 0 spiro atoms. The summed E-state index contributed by atoms with van der Waals surface area (Å²) in [6.45, 7) is 4.80. The number of amides is 1. The summed E-state index contributed by atoms with van der Waals surface area (Å²) in [5, 5.41) is 0. The largest absolute Gasteiger partial charge is 0.491 e. The third kappa shape index (κ3) is 6.67. The molecule has 7 heteroatoms. The van der Waals surface area contributed by atoms with Crippen LogP contribution >= 0.6 is 11.6 Å². The Morgan fingerprint density at radius 1 is 1.10 bits per heavy atom. The van der Waals surface area contributed by atoms with Crippen LogP contribution < -0.4 is 9.64 Å². The van der Waals surface area contributed by atoms with Crippen molar-refractivity contribution in [3.05, 3.63) is 59.7 Å². The smallest absolute Gasteiger partial charge is 0.416 e. The molecule has 2 aromatic rings. The van der Waals surface area contributed by atoms with Gasteiger partial charge < -0.3 is 9.64 Å². The fourth-order valence-electron chi connectivity index (χ4n) is 2.74. The zero-order valence-electron chi connectivity index (χ0n) is 16.5. The summed E-state index contributed by atoms with van der Waals surface area (Å²) in [5.41, 5.74) is -0.345. The lowest BCUT2D eigenvalue weighted by atomic mass is 10.1. The van der Waals surface area contributed by atoms with E-state index in [2.05, 4.69) is 0 Å². The van der Waals surface area contributed by atoms with Crippen LogP contribution in [0.3, 0.4) is 0 Å². The topological polar surface area (TPSA) is 29.5 Å². The summed E-state index contributed by atoms with van der Waals surface area (Å²) in [4.78, 5) is 14.6. The molecule has 0 saturated carbocycles. The summed E-state index contributed by atoms with van der Waals surface area (Å²) in [6.07, 6.45) is -3.21. The van der Waals surface area contributed by atoms with Gasteiger partial charge in [-0.05, 0) is 49.1 Å². The molecule has 0 aliphatic heterocycles. The van der Waals surface area contributed by atoms with Crippen LogP contribution in [0.2, 0.25) is 0 Å². The molecular formula is C22H25ClF3NO2. The number of carbonyl (C=O) groups is 1. The van der Waals surface area contributed by atoms with Crippen LogP contribution in [0.25, 0.3) is 0 Å². The van der Waals surface area contributed by atoms with Gasteiger partial charge in [0.15, 0.2) is 0 Å². The molecule has 29 heavy (non-hydrogen) atoms. The molecule has 2 aromatic carbocycles. The molecule has 0 heterocycles. The minimum absolute atomic E-state index is 0.0237. The van der Waals surface area contributed by atoms with E-state index < -0.39 is 17.6 Å². The lowest BCUT2D eigenvalue weighted by Crippen LogP contribution is -2.32. The summed E-state index contributed by atoms with van der Waals surface area (Å²) in [6, 6.07) is 11.5. The maximum atomic E-state index is 13.2. The van der Waals surface area contributed by atoms with Crippen molar-refractivity contribution in [1.29, 1.82) is 0 Å². The third-order valence-electron chi connectivity index (χ3n) is 4.18. The number of rotatable bonds is 9. The lowest BCUT2D eigenvalue weighted by molar-refractivity contribution is -0.137. The minimum Gasteiger partial charge on any atom is -0.491 e. The number of carbonyl (C=O) groups excluding carboxylic acids is 1. The van der Waals surface area contributed by atoms with Gasteiger partial charge in [0.2, 0.25) is 0 Å². The second kappa shape index (κ2) is 10.5. The second-order valence-electron chi connectivity index (χ2n) is 7.10. The van der Waals surface area contributed by atoms with E-state index in [0.717, 1.165) is 12.1 Å². The molecule has 0 unspecified atom stereocenters. The number of halogens is 4. The van der Waals surface area contributed by atoms with E-state index in [4.69, 9.17) is 16.3 Å². The first kappa shape index (κ1) is 23.1. The number of para-hydroxylation sites is 2. The highest BCUT2D eigenvalue weighted by atomic mass is 35.5. The SMILES string of the molecule is CC(C)COc1ccccc1N(CCCCCl)C(=O)c1cccc(C(F)(F)F)c1. The van der Waals surface area contributed by atoms with Crippen LogP contribution in [0.5, 0.6) is 5.75 Å². The molecule has 0 radical (unpaired) electrons. The van der Waals surface area contributed by atoms with E-state index in [1.54, 1.807) is 24.3 Å². The van der Waals surface area contributed by atoms with Gasteiger partial charge in [0.25, 0.3) is 5.91 Å². The van der Waals surface area contributed by atoms with Gasteiger partial charge in [0.05, 0.1) is 17.9 Å². The molecule has 0 fully saturated rings. The molecule has 0 bridgehead atoms. The van der Waals surface area contributed by atoms with E-state index >= 15 is 0 Å². The molecule has 0 aromatic heterocycles. The van der Waals surface area contributed by atoms with Gasteiger partial charge in [0, 0.05) is 18.0 Å². The van der Waals surface area contributed by atoms with Crippen molar-refractivity contribution in [2.24, 2.45) is 5.92 Å². The number of unbranched alkanes of at least 4 members (excludes halogenated alkanes) is 1. The van der Waals surface area contributed by atoms with Crippen LogP contribution in [0.1, 0.15) is 42.6 Å². The van der Waals surface area contributed by atoms with E-state index in [9.17, 15) is 18.0 Å². The molecule has 0 N–H and O–H groups in total. The molecular weight excluding hydrogens is 403 g/mol. The number of hydrogen-bond donors (Lipinski definition) is 0. The fraction of sp³-hybridized carbons (Fsp3) is 0.409. The highest BCUT2D eigenvalue weighted by Gasteiger charge is 2.31. The van der Waals surface area contributed by atoms with Gasteiger partial charge in [0.1, 0.15) is 5.75 Å². The van der Waals surface area contributed by atoms with E-state index in [1.165, 1.54) is 17.0 Å². The minimum atomic E-state index is -4.52. The maximum Gasteiger partial charge on any atom is 0.416 e. The van der Waals surface area contributed by atoms with Gasteiger partial charge in [-0.15, -0.1) is 11.6 Å². The Balaban J connectivity index is 2.40. The predicted octanol–water partition coefficient (Wildman–Crippen LogP) is 6.41. The van der Waals surface area contributed by atoms with Crippen molar-refractivity contribution < 1.29 is 22.7 Å². The summed E-state index contributed by atoms with van der Waals surface area (Å²) in [7, 11) is 0. The highest BCUT2D eigenvalue weighted by Crippen LogP contribution is 2.32. The Morgan fingerprint density at radius 3 is 2.48 bits per heavy atom. The monoisotopic (exact) mass is 427 g/mol. The molecule has 3 nitrogen and oxygen atoms in total. The maximum absolute atomic E-state index is 13.2. The number of hydrogen-bond acceptors (Lipinski definition) is 2. The van der Waals surface area contributed by atoms with Crippen molar-refractivity contribution in [2.45, 2.75) is 32.9 Å². The molecule has 0 aliphatic carbocycles. The zero-order valence-corrected chi connectivity index (χ0v) is 17.3. The van der Waals surface area contributed by atoms with Crippen LogP contribution in [-0.4, -0.2) is 24.9 Å². The Bertz CT molecular complexity index is 809. The molecule has 1 amide bonds. The number of benzene rings is 2. The predicted molar refractivity (Wildman–Crippen MR) is 110 cm³/mol. The van der Waals surface area contributed by atoms with E-state index in [1.807, 2.05) is 13.8 Å². The van der Waals surface area contributed by atoms with Gasteiger partial charge in [-0.1, -0.05) is 32.0 Å². The van der Waals surface area contributed by atoms with Crippen LogP contribution in [0.15, 0.2) is 48.5 Å². The summed E-state index contributed by atoms with van der Waals surface area (Å²) in [5.74, 6) is 0.738. The van der Waals surface area contributed by atoms with Gasteiger partial charge in [-0.2, -0.15) is 13.2 Å². The zero-order chi connectivity index (χ0) is 21.4. The van der Waals surface area contributed by atoms with E-state index in [0.29, 0.717) is 43.3 Å². The Kier molecular flexibility index (Phi) is 8.38. The van der Waals surface area contributed by atoms with Crippen molar-refractivity contribution in [3.63, 3.8) is 0 Å². The molecule has 0 saturated heterocycles. The fourth-order valence-corrected chi connectivity index (χ4v) is 2.93.